The molecule has 6 heteroatoms. The van der Waals surface area contributed by atoms with E-state index >= 15 is 0 Å². The minimum Gasteiger partial charge on any atom is -0.489 e. The third-order valence-electron chi connectivity index (χ3n) is 3.16. The van der Waals surface area contributed by atoms with Gasteiger partial charge < -0.3 is 14.5 Å². The third kappa shape index (κ3) is 2.03. The predicted octanol–water partition coefficient (Wildman–Crippen LogP) is 4.11. The van der Waals surface area contributed by atoms with Crippen LogP contribution in [0.15, 0.2) is 24.3 Å². The number of nitrogens with one attached hydrogen (secondary N) is 1. The molecule has 1 aromatic carbocycles. The highest BCUT2D eigenvalue weighted by Crippen LogP contribution is 2.36. The zero-order chi connectivity index (χ0) is 13.5. The van der Waals surface area contributed by atoms with Crippen LogP contribution in [0.25, 0.3) is 21.7 Å². The molecule has 0 spiro atoms. The number of ether oxygens (including phenoxy) is 2. The molecule has 0 unspecified atom stereocenters. The topological polar surface area (TPSA) is 47.1 Å². The molecular formula is C14H11ClN2O2S. The summed E-state index contributed by atoms with van der Waals surface area (Å²) in [5, 5.41) is 0. The number of rotatable bonds is 1. The van der Waals surface area contributed by atoms with E-state index in [1.165, 1.54) is 11.3 Å². The van der Waals surface area contributed by atoms with Crippen molar-refractivity contribution in [2.24, 2.45) is 0 Å². The average Bonchev–Trinajstić information content (AvgIpc) is 2.97. The van der Waals surface area contributed by atoms with Gasteiger partial charge >= 0.3 is 0 Å². The summed E-state index contributed by atoms with van der Waals surface area (Å²) in [4.78, 5) is 8.91. The first kappa shape index (κ1) is 12.1. The molecule has 0 saturated carbocycles. The van der Waals surface area contributed by atoms with E-state index in [1.807, 2.05) is 24.3 Å². The van der Waals surface area contributed by atoms with Crippen molar-refractivity contribution >= 4 is 34.0 Å². The zero-order valence-corrected chi connectivity index (χ0v) is 12.1. The Morgan fingerprint density at radius 2 is 1.95 bits per heavy atom. The van der Waals surface area contributed by atoms with Crippen molar-refractivity contribution in [1.29, 1.82) is 0 Å². The Balaban J connectivity index is 1.83. The molecule has 1 aliphatic heterocycles. The highest BCUT2D eigenvalue weighted by atomic mass is 35.5. The first-order valence-corrected chi connectivity index (χ1v) is 7.54. The molecule has 3 heterocycles. The van der Waals surface area contributed by atoms with Gasteiger partial charge in [-0.05, 0) is 12.1 Å². The van der Waals surface area contributed by atoms with Gasteiger partial charge in [0, 0.05) is 18.6 Å². The summed E-state index contributed by atoms with van der Waals surface area (Å²) in [5.74, 6) is 2.35. The lowest BCUT2D eigenvalue weighted by molar-refractivity contribution is 0.297. The van der Waals surface area contributed by atoms with Crippen LogP contribution in [-0.2, 0) is 0 Å². The van der Waals surface area contributed by atoms with Gasteiger partial charge in [0.1, 0.15) is 5.82 Å². The fourth-order valence-electron chi connectivity index (χ4n) is 2.22. The smallest absolute Gasteiger partial charge is 0.163 e. The Bertz CT molecular complexity index is 738. The van der Waals surface area contributed by atoms with Crippen molar-refractivity contribution in [3.05, 3.63) is 28.6 Å². The first-order chi connectivity index (χ1) is 9.79. The third-order valence-corrected chi connectivity index (χ3v) is 4.40. The first-order valence-electron chi connectivity index (χ1n) is 6.35. The Labute approximate surface area is 124 Å². The van der Waals surface area contributed by atoms with Crippen molar-refractivity contribution in [2.75, 3.05) is 13.2 Å². The highest BCUT2D eigenvalue weighted by molar-refractivity contribution is 7.19. The predicted molar refractivity (Wildman–Crippen MR) is 80.0 cm³/mol. The summed E-state index contributed by atoms with van der Waals surface area (Å²) < 4.78 is 12.1. The lowest BCUT2D eigenvalue weighted by Crippen LogP contribution is -1.97. The molecule has 0 saturated heterocycles. The van der Waals surface area contributed by atoms with E-state index in [4.69, 9.17) is 21.1 Å². The molecule has 2 aromatic heterocycles. The maximum atomic E-state index is 5.97. The second-order valence-corrected chi connectivity index (χ2v) is 6.27. The minimum absolute atomic E-state index is 0.677. The maximum Gasteiger partial charge on any atom is 0.163 e. The van der Waals surface area contributed by atoms with Crippen molar-refractivity contribution in [3.63, 3.8) is 0 Å². The van der Waals surface area contributed by atoms with Crippen molar-refractivity contribution in [3.8, 4) is 22.2 Å². The van der Waals surface area contributed by atoms with Crippen LogP contribution in [0, 0.1) is 0 Å². The average molecular weight is 307 g/mol. The van der Waals surface area contributed by atoms with Crippen molar-refractivity contribution in [2.45, 2.75) is 6.42 Å². The molecule has 0 radical (unpaired) electrons. The van der Waals surface area contributed by atoms with Gasteiger partial charge in [0.05, 0.1) is 33.5 Å². The fraction of sp³-hybridized carbons (Fsp3) is 0.214. The number of imidazole rings is 1. The highest BCUT2D eigenvalue weighted by Gasteiger charge is 2.15. The van der Waals surface area contributed by atoms with Crippen molar-refractivity contribution in [1.82, 2.24) is 9.97 Å². The maximum absolute atomic E-state index is 5.97. The van der Waals surface area contributed by atoms with E-state index in [1.54, 1.807) is 0 Å². The molecule has 0 bridgehead atoms. The normalized spacial score (nSPS) is 14.4. The van der Waals surface area contributed by atoms with Crippen LogP contribution in [0.5, 0.6) is 11.5 Å². The molecular weight excluding hydrogens is 296 g/mol. The van der Waals surface area contributed by atoms with E-state index in [2.05, 4.69) is 9.97 Å². The number of halogens is 1. The molecule has 4 nitrogen and oxygen atoms in total. The van der Waals surface area contributed by atoms with E-state index < -0.39 is 0 Å². The number of aromatic amines is 1. The Morgan fingerprint density at radius 3 is 2.70 bits per heavy atom. The largest absolute Gasteiger partial charge is 0.489 e. The molecule has 0 fully saturated rings. The van der Waals surface area contributed by atoms with Crippen LogP contribution in [0.1, 0.15) is 6.42 Å². The van der Waals surface area contributed by atoms with Gasteiger partial charge in [0.2, 0.25) is 0 Å². The Kier molecular flexibility index (Phi) is 2.82. The Morgan fingerprint density at radius 1 is 1.15 bits per heavy atom. The van der Waals surface area contributed by atoms with Gasteiger partial charge in [-0.2, -0.15) is 0 Å². The van der Waals surface area contributed by atoms with Gasteiger partial charge in [-0.3, -0.25) is 0 Å². The van der Waals surface area contributed by atoms with Gasteiger partial charge in [-0.1, -0.05) is 11.6 Å². The molecule has 1 N–H and O–H groups in total. The summed E-state index contributed by atoms with van der Waals surface area (Å²) in [7, 11) is 0. The molecule has 20 heavy (non-hydrogen) atoms. The molecule has 3 aromatic rings. The summed E-state index contributed by atoms with van der Waals surface area (Å²) in [6.45, 7) is 1.36. The van der Waals surface area contributed by atoms with Crippen LogP contribution < -0.4 is 9.47 Å². The second-order valence-electron chi connectivity index (χ2n) is 4.56. The Hall–Kier alpha value is -1.72. The quantitative estimate of drug-likeness (QED) is 0.736. The molecule has 1 aliphatic rings. The van der Waals surface area contributed by atoms with E-state index in [9.17, 15) is 0 Å². The van der Waals surface area contributed by atoms with Crippen LogP contribution in [-0.4, -0.2) is 23.2 Å². The van der Waals surface area contributed by atoms with Gasteiger partial charge in [-0.25, -0.2) is 4.98 Å². The van der Waals surface area contributed by atoms with Crippen LogP contribution in [0.2, 0.25) is 4.34 Å². The monoisotopic (exact) mass is 306 g/mol. The van der Waals surface area contributed by atoms with Gasteiger partial charge in [0.25, 0.3) is 0 Å². The van der Waals surface area contributed by atoms with Gasteiger partial charge in [-0.15, -0.1) is 11.3 Å². The number of hydrogen-bond donors (Lipinski definition) is 1. The SMILES string of the molecule is Clc1ccc(-c2nc3cc4c(cc3[nH]2)OCCCO4)s1. The number of fused-ring (bicyclic) bond motifs is 2. The zero-order valence-electron chi connectivity index (χ0n) is 10.5. The van der Waals surface area contributed by atoms with Crippen LogP contribution in [0.4, 0.5) is 0 Å². The number of aromatic nitrogens is 2. The van der Waals surface area contributed by atoms with E-state index in [-0.39, 0.29) is 0 Å². The van der Waals surface area contributed by atoms with E-state index in [0.717, 1.165) is 44.0 Å². The molecule has 0 atom stereocenters. The summed E-state index contributed by atoms with van der Waals surface area (Å²) in [6.07, 6.45) is 0.898. The van der Waals surface area contributed by atoms with Crippen LogP contribution >= 0.6 is 22.9 Å². The minimum atomic E-state index is 0.677. The van der Waals surface area contributed by atoms with E-state index in [0.29, 0.717) is 13.2 Å². The number of hydrogen-bond acceptors (Lipinski definition) is 4. The van der Waals surface area contributed by atoms with Crippen LogP contribution in [0.3, 0.4) is 0 Å². The molecule has 0 amide bonds. The second kappa shape index (κ2) is 4.68. The number of benzene rings is 1. The fourth-order valence-corrected chi connectivity index (χ4v) is 3.21. The number of thiophene rings is 1. The van der Waals surface area contributed by atoms with Crippen molar-refractivity contribution < 1.29 is 9.47 Å². The summed E-state index contributed by atoms with van der Waals surface area (Å²) in [5.41, 5.74) is 1.81. The number of H-pyrrole nitrogens is 1. The lowest BCUT2D eigenvalue weighted by Gasteiger charge is -2.05. The lowest BCUT2D eigenvalue weighted by atomic mass is 10.3. The number of nitrogens with zero attached hydrogens (tertiary/aromatic N) is 1. The standard InChI is InChI=1S/C14H11ClN2O2S/c15-13-3-2-12(20-13)14-16-8-6-10-11(7-9(8)17-14)19-5-1-4-18-10/h2-3,6-7H,1,4-5H2,(H,16,17). The summed E-state index contributed by atoms with van der Waals surface area (Å²) >= 11 is 7.47. The summed E-state index contributed by atoms with van der Waals surface area (Å²) in [6, 6.07) is 7.70. The molecule has 0 aliphatic carbocycles. The molecule has 4 rings (SSSR count). The van der Waals surface area contributed by atoms with Gasteiger partial charge in [0.15, 0.2) is 11.5 Å². The molecule has 102 valence electrons.